The molecular formula is C13H12N2O2S2. The highest BCUT2D eigenvalue weighted by molar-refractivity contribution is 8.00. The van der Waals surface area contributed by atoms with Crippen molar-refractivity contribution < 1.29 is 9.90 Å². The molecule has 2 rings (SSSR count). The van der Waals surface area contributed by atoms with E-state index in [9.17, 15) is 9.90 Å². The number of benzene rings is 1. The summed E-state index contributed by atoms with van der Waals surface area (Å²) < 4.78 is 0. The van der Waals surface area contributed by atoms with Gasteiger partial charge >= 0.3 is 5.97 Å². The first-order valence-electron chi connectivity index (χ1n) is 5.66. The number of rotatable bonds is 5. The molecule has 1 aromatic heterocycles. The Morgan fingerprint density at radius 2 is 1.89 bits per heavy atom. The molecule has 4 nitrogen and oxygen atoms in total. The standard InChI is InChI=1S/C13H12N2O2S2/c1-2-18-9-5-3-6-10(11(9)12(16)17)19-13-14-7-4-8-15-13/h3-8H,2H2,1H3,(H,16,17). The largest absolute Gasteiger partial charge is 0.478 e. The molecule has 0 fully saturated rings. The number of aromatic nitrogens is 2. The van der Waals surface area contributed by atoms with Crippen molar-refractivity contribution in [3.05, 3.63) is 42.2 Å². The van der Waals surface area contributed by atoms with Crippen LogP contribution < -0.4 is 0 Å². The monoisotopic (exact) mass is 292 g/mol. The Labute approximate surface area is 119 Å². The van der Waals surface area contributed by atoms with Crippen molar-refractivity contribution in [1.29, 1.82) is 0 Å². The van der Waals surface area contributed by atoms with Gasteiger partial charge in [-0.25, -0.2) is 14.8 Å². The quantitative estimate of drug-likeness (QED) is 0.673. The van der Waals surface area contributed by atoms with Gasteiger partial charge in [0.1, 0.15) is 0 Å². The van der Waals surface area contributed by atoms with E-state index in [2.05, 4.69) is 9.97 Å². The Hall–Kier alpha value is -1.53. The average molecular weight is 292 g/mol. The zero-order valence-electron chi connectivity index (χ0n) is 10.2. The molecule has 0 amide bonds. The fraction of sp³-hybridized carbons (Fsp3) is 0.154. The Kier molecular flexibility index (Phi) is 4.81. The third-order valence-corrected chi connectivity index (χ3v) is 4.14. The van der Waals surface area contributed by atoms with Crippen LogP contribution in [0.4, 0.5) is 0 Å². The van der Waals surface area contributed by atoms with Gasteiger partial charge in [-0.05, 0) is 35.7 Å². The van der Waals surface area contributed by atoms with E-state index in [1.165, 1.54) is 23.5 Å². The number of nitrogens with zero attached hydrogens (tertiary/aromatic N) is 2. The van der Waals surface area contributed by atoms with Crippen LogP contribution in [-0.2, 0) is 0 Å². The zero-order valence-corrected chi connectivity index (χ0v) is 11.9. The maximum Gasteiger partial charge on any atom is 0.337 e. The molecule has 1 aromatic carbocycles. The number of carboxylic acid groups (broad SMARTS) is 1. The van der Waals surface area contributed by atoms with Gasteiger partial charge in [0.15, 0.2) is 5.16 Å². The molecule has 0 saturated carbocycles. The summed E-state index contributed by atoms with van der Waals surface area (Å²) in [6.07, 6.45) is 3.28. The molecule has 0 radical (unpaired) electrons. The molecule has 1 N–H and O–H groups in total. The third kappa shape index (κ3) is 3.48. The van der Waals surface area contributed by atoms with E-state index in [4.69, 9.17) is 0 Å². The van der Waals surface area contributed by atoms with Crippen molar-refractivity contribution in [2.24, 2.45) is 0 Å². The van der Waals surface area contributed by atoms with Gasteiger partial charge in [0.2, 0.25) is 0 Å². The van der Waals surface area contributed by atoms with Gasteiger partial charge in [0.25, 0.3) is 0 Å². The van der Waals surface area contributed by atoms with Gasteiger partial charge in [-0.1, -0.05) is 13.0 Å². The lowest BCUT2D eigenvalue weighted by atomic mass is 10.2. The van der Waals surface area contributed by atoms with Gasteiger partial charge in [-0.3, -0.25) is 0 Å². The van der Waals surface area contributed by atoms with Crippen LogP contribution in [0.3, 0.4) is 0 Å². The molecule has 0 atom stereocenters. The predicted molar refractivity (Wildman–Crippen MR) is 76.0 cm³/mol. The Morgan fingerprint density at radius 3 is 2.53 bits per heavy atom. The van der Waals surface area contributed by atoms with E-state index < -0.39 is 5.97 Å². The number of hydrogen-bond donors (Lipinski definition) is 1. The van der Waals surface area contributed by atoms with Crippen molar-refractivity contribution in [1.82, 2.24) is 9.97 Å². The minimum Gasteiger partial charge on any atom is -0.478 e. The van der Waals surface area contributed by atoms with Crippen LogP contribution >= 0.6 is 23.5 Å². The van der Waals surface area contributed by atoms with E-state index in [1.807, 2.05) is 19.1 Å². The number of carboxylic acids is 1. The number of aromatic carboxylic acids is 1. The highest BCUT2D eigenvalue weighted by Crippen LogP contribution is 2.33. The summed E-state index contributed by atoms with van der Waals surface area (Å²) in [7, 11) is 0. The number of thioether (sulfide) groups is 1. The summed E-state index contributed by atoms with van der Waals surface area (Å²) >= 11 is 2.79. The molecule has 0 aliphatic heterocycles. The average Bonchev–Trinajstić information content (AvgIpc) is 2.40. The highest BCUT2D eigenvalue weighted by Gasteiger charge is 2.17. The molecule has 98 valence electrons. The molecule has 19 heavy (non-hydrogen) atoms. The summed E-state index contributed by atoms with van der Waals surface area (Å²) in [6.45, 7) is 2.00. The molecule has 0 unspecified atom stereocenters. The third-order valence-electron chi connectivity index (χ3n) is 2.25. The summed E-state index contributed by atoms with van der Waals surface area (Å²) in [4.78, 5) is 21.1. The van der Waals surface area contributed by atoms with Crippen LogP contribution in [0.15, 0.2) is 51.6 Å². The Bertz CT molecular complexity index is 576. The fourth-order valence-corrected chi connectivity index (χ4v) is 3.28. The number of hydrogen-bond acceptors (Lipinski definition) is 5. The van der Waals surface area contributed by atoms with Gasteiger partial charge in [0, 0.05) is 22.2 Å². The fourth-order valence-electron chi connectivity index (χ4n) is 1.52. The first-order valence-corrected chi connectivity index (χ1v) is 7.46. The second kappa shape index (κ2) is 6.58. The lowest BCUT2D eigenvalue weighted by molar-refractivity contribution is 0.0689. The van der Waals surface area contributed by atoms with Crippen molar-refractivity contribution in [2.45, 2.75) is 21.9 Å². The topological polar surface area (TPSA) is 63.1 Å². The summed E-state index contributed by atoms with van der Waals surface area (Å²) in [5, 5.41) is 9.93. The van der Waals surface area contributed by atoms with Crippen LogP contribution in [0.1, 0.15) is 17.3 Å². The van der Waals surface area contributed by atoms with Gasteiger partial charge < -0.3 is 5.11 Å². The first-order chi connectivity index (χ1) is 9.22. The second-order valence-electron chi connectivity index (χ2n) is 3.50. The van der Waals surface area contributed by atoms with E-state index in [0.717, 1.165) is 10.6 Å². The minimum absolute atomic E-state index is 0.326. The van der Waals surface area contributed by atoms with Gasteiger partial charge in [-0.2, -0.15) is 0 Å². The van der Waals surface area contributed by atoms with Crippen LogP contribution in [0, 0.1) is 0 Å². The lowest BCUT2D eigenvalue weighted by Gasteiger charge is -2.09. The second-order valence-corrected chi connectivity index (χ2v) is 5.82. The normalized spacial score (nSPS) is 10.4. The van der Waals surface area contributed by atoms with Gasteiger partial charge in [0.05, 0.1) is 5.56 Å². The van der Waals surface area contributed by atoms with E-state index >= 15 is 0 Å². The SMILES string of the molecule is CCSc1cccc(Sc2ncccn2)c1C(=O)O. The zero-order chi connectivity index (χ0) is 13.7. The summed E-state index contributed by atoms with van der Waals surface area (Å²) in [5.74, 6) is -0.0917. The maximum absolute atomic E-state index is 11.4. The molecule has 0 aliphatic carbocycles. The van der Waals surface area contributed by atoms with Crippen molar-refractivity contribution in [2.75, 3.05) is 5.75 Å². The summed E-state index contributed by atoms with van der Waals surface area (Å²) in [6, 6.07) is 7.19. The van der Waals surface area contributed by atoms with E-state index in [-0.39, 0.29) is 0 Å². The van der Waals surface area contributed by atoms with Gasteiger partial charge in [-0.15, -0.1) is 11.8 Å². The van der Waals surface area contributed by atoms with Crippen LogP contribution in [0.5, 0.6) is 0 Å². The molecule has 0 bridgehead atoms. The highest BCUT2D eigenvalue weighted by atomic mass is 32.2. The van der Waals surface area contributed by atoms with Crippen molar-refractivity contribution in [3.8, 4) is 0 Å². The van der Waals surface area contributed by atoms with Crippen LogP contribution in [0.2, 0.25) is 0 Å². The smallest absolute Gasteiger partial charge is 0.337 e. The maximum atomic E-state index is 11.4. The first kappa shape index (κ1) is 13.9. The minimum atomic E-state index is -0.921. The molecule has 0 saturated heterocycles. The molecule has 0 spiro atoms. The van der Waals surface area contributed by atoms with Crippen molar-refractivity contribution in [3.63, 3.8) is 0 Å². The molecule has 2 aromatic rings. The molecular weight excluding hydrogens is 280 g/mol. The lowest BCUT2D eigenvalue weighted by Crippen LogP contribution is -2.02. The summed E-state index contributed by atoms with van der Waals surface area (Å²) in [5.41, 5.74) is 0.326. The Balaban J connectivity index is 2.39. The van der Waals surface area contributed by atoms with E-state index in [1.54, 1.807) is 24.5 Å². The van der Waals surface area contributed by atoms with Crippen LogP contribution in [-0.4, -0.2) is 26.8 Å². The Morgan fingerprint density at radius 1 is 1.21 bits per heavy atom. The molecule has 6 heteroatoms. The number of carbonyl (C=O) groups is 1. The molecule has 0 aliphatic rings. The van der Waals surface area contributed by atoms with Crippen molar-refractivity contribution >= 4 is 29.5 Å². The van der Waals surface area contributed by atoms with E-state index in [0.29, 0.717) is 15.6 Å². The molecule has 1 heterocycles. The van der Waals surface area contributed by atoms with Crippen LogP contribution in [0.25, 0.3) is 0 Å². The predicted octanol–water partition coefficient (Wildman–Crippen LogP) is 3.44.